The molecule has 1 saturated carbocycles. The molecule has 0 aliphatic heterocycles. The predicted octanol–water partition coefficient (Wildman–Crippen LogP) is 0.653. The molecule has 0 aromatic rings. The standard InChI is InChI=1S/C9H18N2O/c1-3-6-10-9(12)7(2)11-8-4-5-8/h7-8,11H,3-6H2,1-2H3,(H,10,12). The monoisotopic (exact) mass is 170 g/mol. The van der Waals surface area contributed by atoms with Gasteiger partial charge in [-0.3, -0.25) is 4.79 Å². The summed E-state index contributed by atoms with van der Waals surface area (Å²) in [6, 6.07) is 0.580. The number of hydrogen-bond acceptors (Lipinski definition) is 2. The zero-order valence-electron chi connectivity index (χ0n) is 7.89. The van der Waals surface area contributed by atoms with Crippen molar-refractivity contribution in [2.75, 3.05) is 6.54 Å². The number of nitrogens with one attached hydrogen (secondary N) is 2. The topological polar surface area (TPSA) is 41.1 Å². The normalized spacial score (nSPS) is 18.8. The smallest absolute Gasteiger partial charge is 0.236 e. The van der Waals surface area contributed by atoms with Gasteiger partial charge in [-0.1, -0.05) is 6.92 Å². The second-order valence-electron chi connectivity index (χ2n) is 3.45. The molecule has 1 fully saturated rings. The number of rotatable bonds is 5. The van der Waals surface area contributed by atoms with Gasteiger partial charge in [-0.25, -0.2) is 0 Å². The third-order valence-electron chi connectivity index (χ3n) is 2.01. The molecule has 0 aromatic carbocycles. The zero-order chi connectivity index (χ0) is 8.97. The Labute approximate surface area is 73.9 Å². The van der Waals surface area contributed by atoms with Crippen molar-refractivity contribution >= 4 is 5.91 Å². The van der Waals surface area contributed by atoms with Crippen molar-refractivity contribution in [3.8, 4) is 0 Å². The lowest BCUT2D eigenvalue weighted by Gasteiger charge is -2.12. The Bertz CT molecular complexity index is 155. The van der Waals surface area contributed by atoms with E-state index in [1.807, 2.05) is 6.92 Å². The van der Waals surface area contributed by atoms with Crippen LogP contribution in [0.4, 0.5) is 0 Å². The van der Waals surface area contributed by atoms with Crippen molar-refractivity contribution < 1.29 is 4.79 Å². The van der Waals surface area contributed by atoms with Crippen molar-refractivity contribution in [3.63, 3.8) is 0 Å². The van der Waals surface area contributed by atoms with Crippen molar-refractivity contribution in [1.82, 2.24) is 10.6 Å². The molecular weight excluding hydrogens is 152 g/mol. The fraction of sp³-hybridized carbons (Fsp3) is 0.889. The summed E-state index contributed by atoms with van der Waals surface area (Å²) in [5.41, 5.74) is 0. The van der Waals surface area contributed by atoms with E-state index in [0.717, 1.165) is 13.0 Å². The Hall–Kier alpha value is -0.570. The zero-order valence-corrected chi connectivity index (χ0v) is 7.89. The molecule has 0 heterocycles. The number of amides is 1. The van der Waals surface area contributed by atoms with E-state index in [0.29, 0.717) is 6.04 Å². The van der Waals surface area contributed by atoms with Gasteiger partial charge in [0.15, 0.2) is 0 Å². The summed E-state index contributed by atoms with van der Waals surface area (Å²) in [5.74, 6) is 0.128. The van der Waals surface area contributed by atoms with E-state index < -0.39 is 0 Å². The highest BCUT2D eigenvalue weighted by atomic mass is 16.2. The third-order valence-corrected chi connectivity index (χ3v) is 2.01. The molecule has 0 spiro atoms. The molecule has 3 nitrogen and oxygen atoms in total. The maximum atomic E-state index is 11.3. The van der Waals surface area contributed by atoms with Gasteiger partial charge in [0.05, 0.1) is 6.04 Å². The predicted molar refractivity (Wildman–Crippen MR) is 48.9 cm³/mol. The van der Waals surface area contributed by atoms with Crippen LogP contribution < -0.4 is 10.6 Å². The summed E-state index contributed by atoms with van der Waals surface area (Å²) >= 11 is 0. The molecule has 0 radical (unpaired) electrons. The molecule has 1 amide bonds. The molecule has 3 heteroatoms. The quantitative estimate of drug-likeness (QED) is 0.636. The Balaban J connectivity index is 2.11. The average molecular weight is 170 g/mol. The number of carbonyl (C=O) groups excluding carboxylic acids is 1. The minimum absolute atomic E-state index is 0.0240. The first kappa shape index (κ1) is 9.52. The molecule has 2 N–H and O–H groups in total. The summed E-state index contributed by atoms with van der Waals surface area (Å²) in [6.45, 7) is 4.76. The summed E-state index contributed by atoms with van der Waals surface area (Å²) in [5, 5.41) is 6.11. The molecule has 70 valence electrons. The molecule has 0 aromatic heterocycles. The first-order chi connectivity index (χ1) is 5.74. The van der Waals surface area contributed by atoms with Gasteiger partial charge in [0, 0.05) is 12.6 Å². The number of hydrogen-bond donors (Lipinski definition) is 2. The summed E-state index contributed by atoms with van der Waals surface area (Å²) < 4.78 is 0. The molecule has 1 aliphatic rings. The minimum atomic E-state index is -0.0240. The molecule has 12 heavy (non-hydrogen) atoms. The van der Waals surface area contributed by atoms with Crippen molar-refractivity contribution in [1.29, 1.82) is 0 Å². The lowest BCUT2D eigenvalue weighted by molar-refractivity contribution is -0.122. The highest BCUT2D eigenvalue weighted by molar-refractivity contribution is 5.81. The van der Waals surface area contributed by atoms with Gasteiger partial charge < -0.3 is 10.6 Å². The molecule has 0 bridgehead atoms. The van der Waals surface area contributed by atoms with Crippen LogP contribution in [-0.4, -0.2) is 24.5 Å². The van der Waals surface area contributed by atoms with Crippen molar-refractivity contribution in [3.05, 3.63) is 0 Å². The summed E-state index contributed by atoms with van der Waals surface area (Å²) in [6.07, 6.45) is 3.46. The van der Waals surface area contributed by atoms with Crippen LogP contribution in [0, 0.1) is 0 Å². The molecule has 1 atom stereocenters. The first-order valence-electron chi connectivity index (χ1n) is 4.77. The van der Waals surface area contributed by atoms with Crippen LogP contribution in [0.2, 0.25) is 0 Å². The first-order valence-corrected chi connectivity index (χ1v) is 4.77. The van der Waals surface area contributed by atoms with Gasteiger partial charge in [-0.15, -0.1) is 0 Å². The Morgan fingerprint density at radius 3 is 2.75 bits per heavy atom. The van der Waals surface area contributed by atoms with E-state index in [1.54, 1.807) is 0 Å². The van der Waals surface area contributed by atoms with Crippen LogP contribution >= 0.6 is 0 Å². The second-order valence-corrected chi connectivity index (χ2v) is 3.45. The van der Waals surface area contributed by atoms with Crippen LogP contribution in [0.25, 0.3) is 0 Å². The Morgan fingerprint density at radius 2 is 2.25 bits per heavy atom. The van der Waals surface area contributed by atoms with E-state index >= 15 is 0 Å². The lowest BCUT2D eigenvalue weighted by Crippen LogP contribution is -2.43. The van der Waals surface area contributed by atoms with Gasteiger partial charge in [0.2, 0.25) is 5.91 Å². The highest BCUT2D eigenvalue weighted by Gasteiger charge is 2.25. The van der Waals surface area contributed by atoms with Crippen molar-refractivity contribution in [2.24, 2.45) is 0 Å². The molecule has 0 saturated heterocycles. The maximum absolute atomic E-state index is 11.3. The second kappa shape index (κ2) is 4.45. The van der Waals surface area contributed by atoms with Crippen LogP contribution in [0.1, 0.15) is 33.1 Å². The van der Waals surface area contributed by atoms with E-state index in [4.69, 9.17) is 0 Å². The SMILES string of the molecule is CCCNC(=O)C(C)NC1CC1. The summed E-state index contributed by atoms with van der Waals surface area (Å²) in [7, 11) is 0. The highest BCUT2D eigenvalue weighted by Crippen LogP contribution is 2.19. The molecule has 1 unspecified atom stereocenters. The van der Waals surface area contributed by atoms with E-state index in [1.165, 1.54) is 12.8 Å². The Kier molecular flexibility index (Phi) is 3.53. The fourth-order valence-corrected chi connectivity index (χ4v) is 1.08. The largest absolute Gasteiger partial charge is 0.355 e. The van der Waals surface area contributed by atoms with Crippen LogP contribution in [-0.2, 0) is 4.79 Å². The summed E-state index contributed by atoms with van der Waals surface area (Å²) in [4.78, 5) is 11.3. The number of carbonyl (C=O) groups is 1. The third kappa shape index (κ3) is 3.22. The van der Waals surface area contributed by atoms with Crippen LogP contribution in [0.15, 0.2) is 0 Å². The average Bonchev–Trinajstić information content (AvgIpc) is 2.83. The van der Waals surface area contributed by atoms with Crippen molar-refractivity contribution in [2.45, 2.75) is 45.2 Å². The minimum Gasteiger partial charge on any atom is -0.355 e. The van der Waals surface area contributed by atoms with Gasteiger partial charge in [-0.2, -0.15) is 0 Å². The maximum Gasteiger partial charge on any atom is 0.236 e. The molecule has 1 aliphatic carbocycles. The Morgan fingerprint density at radius 1 is 1.58 bits per heavy atom. The van der Waals surface area contributed by atoms with Gasteiger partial charge in [0.25, 0.3) is 0 Å². The lowest BCUT2D eigenvalue weighted by atomic mass is 10.3. The molecule has 1 rings (SSSR count). The van der Waals surface area contributed by atoms with Gasteiger partial charge in [0.1, 0.15) is 0 Å². The van der Waals surface area contributed by atoms with E-state index in [-0.39, 0.29) is 11.9 Å². The van der Waals surface area contributed by atoms with Gasteiger partial charge >= 0.3 is 0 Å². The van der Waals surface area contributed by atoms with Crippen LogP contribution in [0.3, 0.4) is 0 Å². The van der Waals surface area contributed by atoms with E-state index in [2.05, 4.69) is 17.6 Å². The van der Waals surface area contributed by atoms with Crippen LogP contribution in [0.5, 0.6) is 0 Å². The molecular formula is C9H18N2O. The fourth-order valence-electron chi connectivity index (χ4n) is 1.08. The van der Waals surface area contributed by atoms with Gasteiger partial charge in [-0.05, 0) is 26.2 Å². The van der Waals surface area contributed by atoms with E-state index in [9.17, 15) is 4.79 Å².